The molecule has 1 aliphatic rings. The molecule has 1 aliphatic carbocycles. The zero-order valence-corrected chi connectivity index (χ0v) is 21.9. The number of amides is 1. The number of imidazole rings is 1. The first-order chi connectivity index (χ1) is 17.8. The van der Waals surface area contributed by atoms with E-state index in [1.807, 2.05) is 30.3 Å². The van der Waals surface area contributed by atoms with Crippen molar-refractivity contribution in [2.24, 2.45) is 5.92 Å². The number of hydrogen-bond donors (Lipinski definition) is 1. The van der Waals surface area contributed by atoms with Crippen LogP contribution in [0.4, 0.5) is 8.78 Å². The van der Waals surface area contributed by atoms with Crippen LogP contribution in [0.25, 0.3) is 16.9 Å². The maximum absolute atomic E-state index is 13.5. The van der Waals surface area contributed by atoms with Gasteiger partial charge in [-0.1, -0.05) is 23.7 Å². The SMILES string of the molecule is O=C(N[C@H]1CC[C@H](Cn2c(=O)n(-c3ccc(Br)cn3)c3ccccc32)CC1)c1cc(Cl)cnc1C(F)F. The summed E-state index contributed by atoms with van der Waals surface area (Å²) in [6.45, 7) is 0.539. The molecule has 0 aliphatic heterocycles. The van der Waals surface area contributed by atoms with E-state index in [9.17, 15) is 18.4 Å². The van der Waals surface area contributed by atoms with Crippen LogP contribution in [0.3, 0.4) is 0 Å². The summed E-state index contributed by atoms with van der Waals surface area (Å²) in [6, 6.07) is 12.3. The fraction of sp³-hybridized carbons (Fsp3) is 0.308. The first kappa shape index (κ1) is 25.5. The van der Waals surface area contributed by atoms with Gasteiger partial charge >= 0.3 is 5.69 Å². The van der Waals surface area contributed by atoms with Gasteiger partial charge in [0.05, 0.1) is 21.6 Å². The van der Waals surface area contributed by atoms with Gasteiger partial charge in [0.15, 0.2) is 0 Å². The number of hydrogen-bond acceptors (Lipinski definition) is 4. The highest BCUT2D eigenvalue weighted by molar-refractivity contribution is 9.10. The molecule has 1 saturated carbocycles. The number of aromatic nitrogens is 4. The van der Waals surface area contributed by atoms with Crippen LogP contribution in [0, 0.1) is 5.92 Å². The second kappa shape index (κ2) is 10.7. The zero-order valence-electron chi connectivity index (χ0n) is 19.6. The Kier molecular flexibility index (Phi) is 7.39. The fourth-order valence-corrected chi connectivity index (χ4v) is 5.32. The lowest BCUT2D eigenvalue weighted by Gasteiger charge is -2.29. The Morgan fingerprint density at radius 1 is 1.08 bits per heavy atom. The Bertz CT molecular complexity index is 1500. The molecule has 3 aromatic heterocycles. The van der Waals surface area contributed by atoms with Gasteiger partial charge in [0.1, 0.15) is 11.5 Å². The molecule has 192 valence electrons. The lowest BCUT2D eigenvalue weighted by Crippen LogP contribution is -2.39. The Labute approximate surface area is 224 Å². The average Bonchev–Trinajstić information content (AvgIpc) is 3.16. The highest BCUT2D eigenvalue weighted by Crippen LogP contribution is 2.29. The van der Waals surface area contributed by atoms with Crippen LogP contribution in [-0.4, -0.2) is 31.1 Å². The van der Waals surface area contributed by atoms with Gasteiger partial charge in [-0.2, -0.15) is 0 Å². The number of halogens is 4. The molecule has 3 heterocycles. The first-order valence-electron chi connectivity index (χ1n) is 11.9. The van der Waals surface area contributed by atoms with E-state index in [0.29, 0.717) is 25.2 Å². The third kappa shape index (κ3) is 5.31. The fourth-order valence-electron chi connectivity index (χ4n) is 4.92. The molecular formula is C26H23BrClF2N5O2. The van der Waals surface area contributed by atoms with Crippen LogP contribution in [-0.2, 0) is 6.54 Å². The molecule has 1 aromatic carbocycles. The van der Waals surface area contributed by atoms with Crippen molar-refractivity contribution >= 4 is 44.5 Å². The molecule has 7 nitrogen and oxygen atoms in total. The molecule has 0 atom stereocenters. The first-order valence-corrected chi connectivity index (χ1v) is 13.1. The second-order valence-electron chi connectivity index (χ2n) is 9.13. The summed E-state index contributed by atoms with van der Waals surface area (Å²) in [5, 5.41) is 2.98. The highest BCUT2D eigenvalue weighted by Gasteiger charge is 2.27. The maximum atomic E-state index is 13.5. The van der Waals surface area contributed by atoms with E-state index in [1.165, 1.54) is 6.07 Å². The van der Waals surface area contributed by atoms with Crippen molar-refractivity contribution < 1.29 is 13.6 Å². The van der Waals surface area contributed by atoms with Gasteiger partial charge < -0.3 is 5.32 Å². The Balaban J connectivity index is 1.30. The van der Waals surface area contributed by atoms with E-state index >= 15 is 0 Å². The number of rotatable bonds is 6. The standard InChI is InChI=1S/C26H23BrClF2N5O2/c27-16-7-10-22(31-12-16)35-21-4-2-1-3-20(21)34(26(35)37)14-15-5-8-18(9-6-15)33-25(36)19-11-17(28)13-32-23(19)24(29)30/h1-4,7,10-13,15,18,24H,5-6,8-9,14H2,(H,33,36)/t15-,18-. The number of carbonyl (C=O) groups is 1. The molecule has 5 rings (SSSR count). The van der Waals surface area contributed by atoms with Crippen molar-refractivity contribution in [3.8, 4) is 5.82 Å². The molecule has 0 radical (unpaired) electrons. The Hall–Kier alpha value is -3.11. The summed E-state index contributed by atoms with van der Waals surface area (Å²) < 4.78 is 30.8. The Morgan fingerprint density at radius 2 is 1.81 bits per heavy atom. The summed E-state index contributed by atoms with van der Waals surface area (Å²) in [4.78, 5) is 34.2. The number of benzene rings is 1. The van der Waals surface area contributed by atoms with Crippen molar-refractivity contribution in [2.45, 2.75) is 44.7 Å². The van der Waals surface area contributed by atoms with Crippen LogP contribution in [0.5, 0.6) is 0 Å². The van der Waals surface area contributed by atoms with Crippen molar-refractivity contribution in [3.63, 3.8) is 0 Å². The third-order valence-electron chi connectivity index (χ3n) is 6.74. The third-order valence-corrected chi connectivity index (χ3v) is 7.41. The molecule has 0 spiro atoms. The monoisotopic (exact) mass is 589 g/mol. The van der Waals surface area contributed by atoms with Gasteiger partial charge in [0, 0.05) is 29.5 Å². The summed E-state index contributed by atoms with van der Waals surface area (Å²) in [5.41, 5.74) is 0.686. The number of nitrogens with zero attached hydrogens (tertiary/aromatic N) is 4. The van der Waals surface area contributed by atoms with Crippen LogP contribution in [0.1, 0.15) is 48.2 Å². The number of para-hydroxylation sites is 2. The highest BCUT2D eigenvalue weighted by atomic mass is 79.9. The number of fused-ring (bicyclic) bond motifs is 1. The maximum Gasteiger partial charge on any atom is 0.334 e. The van der Waals surface area contributed by atoms with E-state index in [1.54, 1.807) is 21.4 Å². The minimum atomic E-state index is -2.87. The van der Waals surface area contributed by atoms with Crippen LogP contribution < -0.4 is 11.0 Å². The van der Waals surface area contributed by atoms with Gasteiger partial charge in [0.2, 0.25) is 0 Å². The quantitative estimate of drug-likeness (QED) is 0.302. The number of alkyl halides is 2. The van der Waals surface area contributed by atoms with E-state index in [2.05, 4.69) is 31.2 Å². The largest absolute Gasteiger partial charge is 0.349 e. The molecule has 0 saturated heterocycles. The molecular weight excluding hydrogens is 568 g/mol. The lowest BCUT2D eigenvalue weighted by atomic mass is 9.85. The molecule has 1 fully saturated rings. The van der Waals surface area contributed by atoms with Crippen molar-refractivity contribution in [1.29, 1.82) is 0 Å². The van der Waals surface area contributed by atoms with E-state index < -0.39 is 18.0 Å². The molecule has 37 heavy (non-hydrogen) atoms. The minimum absolute atomic E-state index is 0.126. The predicted octanol–water partition coefficient (Wildman–Crippen LogP) is 5.92. The average molecular weight is 591 g/mol. The van der Waals surface area contributed by atoms with Gasteiger partial charge in [-0.25, -0.2) is 23.1 Å². The molecule has 1 N–H and O–H groups in total. The smallest absolute Gasteiger partial charge is 0.334 e. The second-order valence-corrected chi connectivity index (χ2v) is 10.5. The van der Waals surface area contributed by atoms with E-state index in [0.717, 1.165) is 34.5 Å². The van der Waals surface area contributed by atoms with Crippen LogP contribution in [0.2, 0.25) is 5.02 Å². The molecule has 4 aromatic rings. The van der Waals surface area contributed by atoms with Gasteiger partial charge in [0.25, 0.3) is 12.3 Å². The van der Waals surface area contributed by atoms with Crippen LogP contribution in [0.15, 0.2) is 64.1 Å². The summed E-state index contributed by atoms with van der Waals surface area (Å²) in [5.74, 6) is 0.177. The number of nitrogens with one attached hydrogen (secondary N) is 1. The van der Waals surface area contributed by atoms with Crippen molar-refractivity contribution in [2.75, 3.05) is 0 Å². The molecule has 11 heteroatoms. The number of carbonyl (C=O) groups excluding carboxylic acids is 1. The predicted molar refractivity (Wildman–Crippen MR) is 140 cm³/mol. The van der Waals surface area contributed by atoms with Gasteiger partial charge in [-0.3, -0.25) is 14.3 Å². The molecule has 0 bridgehead atoms. The topological polar surface area (TPSA) is 81.8 Å². The van der Waals surface area contributed by atoms with E-state index in [-0.39, 0.29) is 28.2 Å². The van der Waals surface area contributed by atoms with Gasteiger partial charge in [-0.05, 0) is 77.9 Å². The molecule has 0 unspecified atom stereocenters. The molecule has 1 amide bonds. The van der Waals surface area contributed by atoms with Crippen molar-refractivity contribution in [3.05, 3.63) is 86.1 Å². The summed E-state index contributed by atoms with van der Waals surface area (Å²) in [6.07, 6.45) is 2.81. The van der Waals surface area contributed by atoms with Gasteiger partial charge in [-0.15, -0.1) is 0 Å². The Morgan fingerprint density at radius 3 is 2.49 bits per heavy atom. The normalized spacial score (nSPS) is 17.9. The van der Waals surface area contributed by atoms with E-state index in [4.69, 9.17) is 11.6 Å². The number of pyridine rings is 2. The summed E-state index contributed by atoms with van der Waals surface area (Å²) in [7, 11) is 0. The minimum Gasteiger partial charge on any atom is -0.349 e. The lowest BCUT2D eigenvalue weighted by molar-refractivity contribution is 0.0904. The van der Waals surface area contributed by atoms with Crippen LogP contribution >= 0.6 is 27.5 Å². The van der Waals surface area contributed by atoms with Crippen molar-refractivity contribution in [1.82, 2.24) is 24.4 Å². The zero-order chi connectivity index (χ0) is 26.1. The summed E-state index contributed by atoms with van der Waals surface area (Å²) >= 11 is 9.26.